The van der Waals surface area contributed by atoms with Crippen LogP contribution in [0.4, 0.5) is 0 Å². The fourth-order valence-electron chi connectivity index (χ4n) is 1.49. The first-order valence-corrected chi connectivity index (χ1v) is 8.36. The molecule has 0 atom stereocenters. The second kappa shape index (κ2) is 22.7. The molecule has 0 radical (unpaired) electrons. The lowest BCUT2D eigenvalue weighted by molar-refractivity contribution is -0.0209. The number of methoxy groups -OCH3 is 2. The molecule has 0 heterocycles. The highest BCUT2D eigenvalue weighted by molar-refractivity contribution is 4.37. The van der Waals surface area contributed by atoms with Gasteiger partial charge in [-0.25, -0.2) is 0 Å². The van der Waals surface area contributed by atoms with Crippen molar-refractivity contribution >= 4 is 0 Å². The maximum absolute atomic E-state index is 5.38. The van der Waals surface area contributed by atoms with Crippen molar-refractivity contribution in [2.45, 2.75) is 0 Å². The van der Waals surface area contributed by atoms with E-state index in [1.807, 2.05) is 0 Å². The van der Waals surface area contributed by atoms with Gasteiger partial charge in [0.1, 0.15) is 0 Å². The molecule has 8 heteroatoms. The van der Waals surface area contributed by atoms with Gasteiger partial charge in [-0.2, -0.15) is 0 Å². The standard InChI is InChI=1S/C16H34O8/c1-17-3-5-19-7-9-21-11-13-23-15-16-24-14-12-22-10-8-20-6-4-18-2/h3-16H2,1-2H3. The largest absolute Gasteiger partial charge is 0.382 e. The van der Waals surface area contributed by atoms with Gasteiger partial charge in [0.25, 0.3) is 0 Å². The predicted octanol–water partition coefficient (Wildman–Crippen LogP) is 0.379. The first kappa shape index (κ1) is 23.7. The van der Waals surface area contributed by atoms with Crippen molar-refractivity contribution in [2.24, 2.45) is 0 Å². The van der Waals surface area contributed by atoms with Gasteiger partial charge in [-0.05, 0) is 0 Å². The summed E-state index contributed by atoms with van der Waals surface area (Å²) < 4.78 is 41.7. The van der Waals surface area contributed by atoms with Crippen molar-refractivity contribution in [3.8, 4) is 0 Å². The predicted molar refractivity (Wildman–Crippen MR) is 88.7 cm³/mol. The van der Waals surface area contributed by atoms with E-state index in [4.69, 9.17) is 37.9 Å². The minimum atomic E-state index is 0.549. The van der Waals surface area contributed by atoms with Crippen molar-refractivity contribution in [2.75, 3.05) is 107 Å². The first-order chi connectivity index (χ1) is 11.9. The van der Waals surface area contributed by atoms with E-state index in [0.717, 1.165) is 0 Å². The van der Waals surface area contributed by atoms with Crippen LogP contribution in [-0.2, 0) is 37.9 Å². The van der Waals surface area contributed by atoms with Crippen LogP contribution in [0.15, 0.2) is 0 Å². The molecular formula is C16H34O8. The highest BCUT2D eigenvalue weighted by atomic mass is 16.6. The number of hydrogen-bond acceptors (Lipinski definition) is 8. The van der Waals surface area contributed by atoms with Crippen LogP contribution in [0, 0.1) is 0 Å². The lowest BCUT2D eigenvalue weighted by Crippen LogP contribution is -2.14. The van der Waals surface area contributed by atoms with Crippen molar-refractivity contribution in [3.63, 3.8) is 0 Å². The molecule has 0 N–H and O–H groups in total. The zero-order valence-corrected chi connectivity index (χ0v) is 15.2. The lowest BCUT2D eigenvalue weighted by Gasteiger charge is -2.08. The summed E-state index contributed by atoms with van der Waals surface area (Å²) in [6, 6.07) is 0. The third-order valence-electron chi connectivity index (χ3n) is 2.72. The van der Waals surface area contributed by atoms with E-state index in [2.05, 4.69) is 0 Å². The molecular weight excluding hydrogens is 320 g/mol. The fraction of sp³-hybridized carbons (Fsp3) is 1.00. The summed E-state index contributed by atoms with van der Waals surface area (Å²) in [6.07, 6.45) is 0. The summed E-state index contributed by atoms with van der Waals surface area (Å²) in [5.74, 6) is 0. The van der Waals surface area contributed by atoms with Gasteiger partial charge in [0, 0.05) is 14.2 Å². The summed E-state index contributed by atoms with van der Waals surface area (Å²) in [7, 11) is 3.30. The highest BCUT2D eigenvalue weighted by Gasteiger charge is 1.94. The zero-order valence-electron chi connectivity index (χ0n) is 15.2. The average molecular weight is 354 g/mol. The van der Waals surface area contributed by atoms with E-state index in [1.54, 1.807) is 14.2 Å². The SMILES string of the molecule is COCCOCCOCCOCCOCCOCCOCCOC. The van der Waals surface area contributed by atoms with Crippen molar-refractivity contribution in [3.05, 3.63) is 0 Å². The molecule has 0 aliphatic heterocycles. The Morgan fingerprint density at radius 2 is 0.458 bits per heavy atom. The Kier molecular flexibility index (Phi) is 22.4. The lowest BCUT2D eigenvalue weighted by atomic mass is 10.6. The molecule has 0 aromatic carbocycles. The van der Waals surface area contributed by atoms with Crippen LogP contribution in [0.25, 0.3) is 0 Å². The molecule has 0 aliphatic rings. The normalized spacial score (nSPS) is 11.2. The third-order valence-corrected chi connectivity index (χ3v) is 2.72. The summed E-state index contributed by atoms with van der Waals surface area (Å²) >= 11 is 0. The molecule has 0 unspecified atom stereocenters. The molecule has 146 valence electrons. The van der Waals surface area contributed by atoms with Crippen molar-refractivity contribution in [1.82, 2.24) is 0 Å². The summed E-state index contributed by atoms with van der Waals surface area (Å²) in [6.45, 7) is 8.00. The minimum Gasteiger partial charge on any atom is -0.382 e. The van der Waals surface area contributed by atoms with E-state index < -0.39 is 0 Å². The third kappa shape index (κ3) is 21.7. The topological polar surface area (TPSA) is 73.8 Å². The second-order valence-electron chi connectivity index (χ2n) is 4.66. The molecule has 0 amide bonds. The van der Waals surface area contributed by atoms with Gasteiger partial charge < -0.3 is 37.9 Å². The molecule has 0 spiro atoms. The molecule has 0 rings (SSSR count). The molecule has 0 saturated carbocycles. The zero-order chi connectivity index (χ0) is 17.6. The molecule has 0 bridgehead atoms. The van der Waals surface area contributed by atoms with Crippen LogP contribution < -0.4 is 0 Å². The van der Waals surface area contributed by atoms with Crippen LogP contribution in [0.3, 0.4) is 0 Å². The van der Waals surface area contributed by atoms with E-state index >= 15 is 0 Å². The molecule has 0 aliphatic carbocycles. The minimum absolute atomic E-state index is 0.549. The quantitative estimate of drug-likeness (QED) is 0.274. The highest BCUT2D eigenvalue weighted by Crippen LogP contribution is 1.84. The molecule has 24 heavy (non-hydrogen) atoms. The van der Waals surface area contributed by atoms with Gasteiger partial charge in [0.05, 0.1) is 92.5 Å². The van der Waals surface area contributed by atoms with Crippen LogP contribution in [0.2, 0.25) is 0 Å². The number of hydrogen-bond donors (Lipinski definition) is 0. The van der Waals surface area contributed by atoms with E-state index in [1.165, 1.54) is 0 Å². The van der Waals surface area contributed by atoms with Gasteiger partial charge in [-0.15, -0.1) is 0 Å². The Morgan fingerprint density at radius 1 is 0.292 bits per heavy atom. The maximum atomic E-state index is 5.38. The Morgan fingerprint density at radius 3 is 0.625 bits per heavy atom. The summed E-state index contributed by atoms with van der Waals surface area (Å²) in [4.78, 5) is 0. The molecule has 0 fully saturated rings. The summed E-state index contributed by atoms with van der Waals surface area (Å²) in [5.41, 5.74) is 0. The number of ether oxygens (including phenoxy) is 8. The fourth-order valence-corrected chi connectivity index (χ4v) is 1.49. The number of rotatable bonds is 21. The smallest absolute Gasteiger partial charge is 0.0701 e. The summed E-state index contributed by atoms with van der Waals surface area (Å²) in [5, 5.41) is 0. The van der Waals surface area contributed by atoms with Crippen LogP contribution in [0.5, 0.6) is 0 Å². The average Bonchev–Trinajstić information content (AvgIpc) is 2.60. The molecule has 0 aromatic rings. The Balaban J connectivity index is 2.93. The van der Waals surface area contributed by atoms with Gasteiger partial charge in [-0.3, -0.25) is 0 Å². The van der Waals surface area contributed by atoms with Crippen LogP contribution in [-0.4, -0.2) is 107 Å². The molecule has 8 nitrogen and oxygen atoms in total. The van der Waals surface area contributed by atoms with Gasteiger partial charge >= 0.3 is 0 Å². The van der Waals surface area contributed by atoms with E-state index in [9.17, 15) is 0 Å². The Hall–Kier alpha value is -0.320. The Labute approximate surface area is 145 Å². The van der Waals surface area contributed by atoms with Gasteiger partial charge in [0.15, 0.2) is 0 Å². The van der Waals surface area contributed by atoms with Crippen LogP contribution >= 0.6 is 0 Å². The molecule has 0 saturated heterocycles. The molecule has 0 aromatic heterocycles. The van der Waals surface area contributed by atoms with Gasteiger partial charge in [0.2, 0.25) is 0 Å². The van der Waals surface area contributed by atoms with E-state index in [-0.39, 0.29) is 0 Å². The first-order valence-electron chi connectivity index (χ1n) is 8.36. The van der Waals surface area contributed by atoms with Crippen molar-refractivity contribution in [1.29, 1.82) is 0 Å². The monoisotopic (exact) mass is 354 g/mol. The van der Waals surface area contributed by atoms with Gasteiger partial charge in [-0.1, -0.05) is 0 Å². The second-order valence-corrected chi connectivity index (χ2v) is 4.66. The van der Waals surface area contributed by atoms with E-state index in [0.29, 0.717) is 92.5 Å². The Bertz CT molecular complexity index is 196. The van der Waals surface area contributed by atoms with Crippen LogP contribution in [0.1, 0.15) is 0 Å². The van der Waals surface area contributed by atoms with Crippen molar-refractivity contribution < 1.29 is 37.9 Å². The maximum Gasteiger partial charge on any atom is 0.0701 e.